The highest BCUT2D eigenvalue weighted by Gasteiger charge is 2.21. The second-order valence-electron chi connectivity index (χ2n) is 3.61. The first-order valence-corrected chi connectivity index (χ1v) is 6.95. The first-order chi connectivity index (χ1) is 9.08. The molecule has 3 nitrogen and oxygen atoms in total. The lowest BCUT2D eigenvalue weighted by atomic mass is 10.1. The van der Waals surface area contributed by atoms with Gasteiger partial charge in [-0.2, -0.15) is 0 Å². The Labute approximate surface area is 122 Å². The van der Waals surface area contributed by atoms with Gasteiger partial charge in [0.1, 0.15) is 5.82 Å². The van der Waals surface area contributed by atoms with E-state index in [0.717, 1.165) is 6.07 Å². The molecule has 0 aliphatic rings. The first-order valence-electron chi connectivity index (χ1n) is 5.27. The Kier molecular flexibility index (Phi) is 4.21. The molecule has 0 saturated carbocycles. The summed E-state index contributed by atoms with van der Waals surface area (Å²) in [5.41, 5.74) is -0.0409. The van der Waals surface area contributed by atoms with Gasteiger partial charge in [0.05, 0.1) is 24.7 Å². The van der Waals surface area contributed by atoms with Crippen LogP contribution in [0.2, 0.25) is 0 Å². The van der Waals surface area contributed by atoms with Crippen LogP contribution < -0.4 is 9.47 Å². The molecule has 1 aromatic carbocycles. The fraction of sp³-hybridized carbons (Fsp3) is 0.154. The Balaban J connectivity index is 2.51. The number of rotatable bonds is 4. The van der Waals surface area contributed by atoms with Gasteiger partial charge in [-0.3, -0.25) is 4.79 Å². The van der Waals surface area contributed by atoms with Crippen LogP contribution in [-0.4, -0.2) is 20.0 Å². The molecular formula is C13H10BrFO3S. The second kappa shape index (κ2) is 5.71. The van der Waals surface area contributed by atoms with Crippen LogP contribution in [0.3, 0.4) is 0 Å². The second-order valence-corrected chi connectivity index (χ2v) is 5.38. The van der Waals surface area contributed by atoms with Crippen LogP contribution >= 0.6 is 27.3 Å². The molecule has 100 valence electrons. The van der Waals surface area contributed by atoms with E-state index in [2.05, 4.69) is 15.9 Å². The van der Waals surface area contributed by atoms with Gasteiger partial charge < -0.3 is 9.47 Å². The van der Waals surface area contributed by atoms with Gasteiger partial charge in [-0.1, -0.05) is 0 Å². The summed E-state index contributed by atoms with van der Waals surface area (Å²) >= 11 is 4.51. The van der Waals surface area contributed by atoms with Gasteiger partial charge in [0, 0.05) is 10.5 Å². The molecule has 0 aliphatic carbocycles. The van der Waals surface area contributed by atoms with Crippen molar-refractivity contribution < 1.29 is 18.7 Å². The molecule has 0 unspecified atom stereocenters. The number of hydrogen-bond donors (Lipinski definition) is 0. The third-order valence-electron chi connectivity index (χ3n) is 2.54. The van der Waals surface area contributed by atoms with Gasteiger partial charge in [-0.05, 0) is 33.4 Å². The molecule has 0 radical (unpaired) electrons. The number of halogens is 2. The number of carbonyl (C=O) groups is 1. The molecule has 2 rings (SSSR count). The summed E-state index contributed by atoms with van der Waals surface area (Å²) < 4.78 is 24.7. The maximum absolute atomic E-state index is 14.0. The number of ketones is 1. The highest BCUT2D eigenvalue weighted by molar-refractivity contribution is 9.10. The van der Waals surface area contributed by atoms with Crippen LogP contribution in [0.1, 0.15) is 15.2 Å². The van der Waals surface area contributed by atoms with Crippen molar-refractivity contribution >= 4 is 33.0 Å². The average Bonchev–Trinajstić information content (AvgIpc) is 2.83. The lowest BCUT2D eigenvalue weighted by Gasteiger charge is -2.10. The summed E-state index contributed by atoms with van der Waals surface area (Å²) in [6.07, 6.45) is 0. The Morgan fingerprint density at radius 3 is 2.42 bits per heavy atom. The van der Waals surface area contributed by atoms with E-state index in [1.54, 1.807) is 11.4 Å². The molecule has 0 fully saturated rings. The van der Waals surface area contributed by atoms with Crippen molar-refractivity contribution in [2.75, 3.05) is 14.2 Å². The van der Waals surface area contributed by atoms with E-state index in [-0.39, 0.29) is 17.1 Å². The largest absolute Gasteiger partial charge is 0.493 e. The predicted molar refractivity (Wildman–Crippen MR) is 75.0 cm³/mol. The van der Waals surface area contributed by atoms with Crippen molar-refractivity contribution in [3.05, 3.63) is 44.3 Å². The van der Waals surface area contributed by atoms with E-state index >= 15 is 0 Å². The minimum atomic E-state index is -0.636. The van der Waals surface area contributed by atoms with Gasteiger partial charge >= 0.3 is 0 Å². The smallest absolute Gasteiger partial charge is 0.207 e. The lowest BCUT2D eigenvalue weighted by molar-refractivity contribution is 0.103. The first kappa shape index (κ1) is 14.0. The molecule has 6 heteroatoms. The molecule has 0 saturated heterocycles. The van der Waals surface area contributed by atoms with Crippen LogP contribution in [0.4, 0.5) is 4.39 Å². The maximum Gasteiger partial charge on any atom is 0.207 e. The van der Waals surface area contributed by atoms with Gasteiger partial charge in [0.2, 0.25) is 5.78 Å². The highest BCUT2D eigenvalue weighted by Crippen LogP contribution is 2.33. The molecule has 0 amide bonds. The standard InChI is InChI=1S/C13H10BrFO3S/c1-17-10-5-7(9(15)6-11(10)18-2)12(16)13-8(14)3-4-19-13/h3-6H,1-2H3. The van der Waals surface area contributed by atoms with Crippen LogP contribution in [-0.2, 0) is 0 Å². The summed E-state index contributed by atoms with van der Waals surface area (Å²) in [7, 11) is 2.85. The molecule has 0 spiro atoms. The van der Waals surface area contributed by atoms with Crippen molar-refractivity contribution in [2.45, 2.75) is 0 Å². The number of carbonyl (C=O) groups excluding carboxylic acids is 1. The van der Waals surface area contributed by atoms with Crippen molar-refractivity contribution in [1.82, 2.24) is 0 Å². The summed E-state index contributed by atoms with van der Waals surface area (Å²) in [5.74, 6) is -0.454. The van der Waals surface area contributed by atoms with Gasteiger partial charge in [0.25, 0.3) is 0 Å². The normalized spacial score (nSPS) is 10.3. The Morgan fingerprint density at radius 1 is 1.26 bits per heavy atom. The number of methoxy groups -OCH3 is 2. The monoisotopic (exact) mass is 344 g/mol. The van der Waals surface area contributed by atoms with Crippen LogP contribution in [0.5, 0.6) is 11.5 Å². The molecular weight excluding hydrogens is 335 g/mol. The molecule has 2 aromatic rings. The van der Waals surface area contributed by atoms with Crippen molar-refractivity contribution in [1.29, 1.82) is 0 Å². The molecule has 1 heterocycles. The summed E-state index contributed by atoms with van der Waals surface area (Å²) in [6, 6.07) is 4.24. The van der Waals surface area contributed by atoms with Crippen LogP contribution in [0.25, 0.3) is 0 Å². The zero-order valence-electron chi connectivity index (χ0n) is 10.2. The quantitative estimate of drug-likeness (QED) is 0.789. The molecule has 0 aliphatic heterocycles. The Hall–Kier alpha value is -1.40. The zero-order chi connectivity index (χ0) is 14.0. The minimum Gasteiger partial charge on any atom is -0.493 e. The highest BCUT2D eigenvalue weighted by atomic mass is 79.9. The maximum atomic E-state index is 14.0. The average molecular weight is 345 g/mol. The molecule has 0 N–H and O–H groups in total. The Bertz CT molecular complexity index is 624. The topological polar surface area (TPSA) is 35.5 Å². The van der Waals surface area contributed by atoms with E-state index in [9.17, 15) is 9.18 Å². The van der Waals surface area contributed by atoms with E-state index in [0.29, 0.717) is 15.1 Å². The molecule has 1 aromatic heterocycles. The fourth-order valence-corrected chi connectivity index (χ4v) is 3.11. The Morgan fingerprint density at radius 2 is 1.89 bits per heavy atom. The molecule has 0 atom stereocenters. The van der Waals surface area contributed by atoms with Gasteiger partial charge in [-0.25, -0.2) is 4.39 Å². The summed E-state index contributed by atoms with van der Waals surface area (Å²) in [4.78, 5) is 12.7. The zero-order valence-corrected chi connectivity index (χ0v) is 12.6. The van der Waals surface area contributed by atoms with E-state index in [1.165, 1.54) is 31.6 Å². The van der Waals surface area contributed by atoms with Crippen molar-refractivity contribution in [3.63, 3.8) is 0 Å². The third kappa shape index (κ3) is 2.64. The van der Waals surface area contributed by atoms with Gasteiger partial charge in [0.15, 0.2) is 11.5 Å². The van der Waals surface area contributed by atoms with Crippen LogP contribution in [0, 0.1) is 5.82 Å². The molecule has 19 heavy (non-hydrogen) atoms. The minimum absolute atomic E-state index is 0.0409. The fourth-order valence-electron chi connectivity index (χ4n) is 1.61. The summed E-state index contributed by atoms with van der Waals surface area (Å²) in [6.45, 7) is 0. The lowest BCUT2D eigenvalue weighted by Crippen LogP contribution is -2.04. The number of ether oxygens (including phenoxy) is 2. The number of benzene rings is 1. The van der Waals surface area contributed by atoms with E-state index < -0.39 is 5.82 Å². The van der Waals surface area contributed by atoms with Crippen LogP contribution in [0.15, 0.2) is 28.1 Å². The third-order valence-corrected chi connectivity index (χ3v) is 4.38. The van der Waals surface area contributed by atoms with E-state index in [1.807, 2.05) is 0 Å². The number of hydrogen-bond acceptors (Lipinski definition) is 4. The van der Waals surface area contributed by atoms with Crippen molar-refractivity contribution in [3.8, 4) is 11.5 Å². The van der Waals surface area contributed by atoms with Crippen molar-refractivity contribution in [2.24, 2.45) is 0 Å². The molecule has 0 bridgehead atoms. The van der Waals surface area contributed by atoms with E-state index in [4.69, 9.17) is 9.47 Å². The SMILES string of the molecule is COc1cc(F)c(C(=O)c2sccc2Br)cc1OC. The predicted octanol–water partition coefficient (Wildman–Crippen LogP) is 3.90. The number of thiophene rings is 1. The van der Waals surface area contributed by atoms with Gasteiger partial charge in [-0.15, -0.1) is 11.3 Å². The summed E-state index contributed by atoms with van der Waals surface area (Å²) in [5, 5.41) is 1.76.